The summed E-state index contributed by atoms with van der Waals surface area (Å²) in [6, 6.07) is 1.29. The van der Waals surface area contributed by atoms with Gasteiger partial charge in [-0.05, 0) is 62.1 Å². The van der Waals surface area contributed by atoms with Gasteiger partial charge in [-0.15, -0.1) is 0 Å². The Kier molecular flexibility index (Phi) is 5.67. The lowest BCUT2D eigenvalue weighted by Gasteiger charge is -2.43. The normalized spacial score (nSPS) is 44.0. The third kappa shape index (κ3) is 3.58. The maximum Gasteiger partial charge on any atom is 0.0891 e. The van der Waals surface area contributed by atoms with Crippen LogP contribution in [-0.2, 0) is 4.74 Å². The van der Waals surface area contributed by atoms with E-state index in [0.29, 0.717) is 47.4 Å². The zero-order valence-corrected chi connectivity index (χ0v) is 21.6. The molecule has 0 amide bonds. The van der Waals surface area contributed by atoms with Gasteiger partial charge >= 0.3 is 0 Å². The molecule has 6 aliphatic rings. The van der Waals surface area contributed by atoms with Crippen LogP contribution < -0.4 is 0 Å². The molecule has 0 radical (unpaired) electrons. The van der Waals surface area contributed by atoms with E-state index in [1.807, 2.05) is 0 Å². The molecular weight excluding hydrogens is 416 g/mol. The fraction of sp³-hybridized carbons (Fsp3) is 0.613. The summed E-state index contributed by atoms with van der Waals surface area (Å²) in [5.74, 6) is 1.66. The Morgan fingerprint density at radius 1 is 0.882 bits per heavy atom. The number of ether oxygens (including phenoxy) is 1. The van der Waals surface area contributed by atoms with Crippen molar-refractivity contribution in [3.8, 4) is 0 Å². The molecule has 0 saturated carbocycles. The zero-order chi connectivity index (χ0) is 23.6. The maximum atomic E-state index is 6.90. The third-order valence-corrected chi connectivity index (χ3v) is 9.52. The van der Waals surface area contributed by atoms with Crippen molar-refractivity contribution in [3.63, 3.8) is 0 Å². The summed E-state index contributed by atoms with van der Waals surface area (Å²) in [7, 11) is 2.34. The van der Waals surface area contributed by atoms with Gasteiger partial charge in [-0.2, -0.15) is 0 Å². The van der Waals surface area contributed by atoms with Crippen molar-refractivity contribution in [1.29, 1.82) is 0 Å². The number of rotatable bonds is 2. The number of nitrogens with zero attached hydrogens (tertiary/aromatic N) is 2. The van der Waals surface area contributed by atoms with Crippen molar-refractivity contribution in [1.82, 2.24) is 9.80 Å². The summed E-state index contributed by atoms with van der Waals surface area (Å²) < 4.78 is 6.90. The lowest BCUT2D eigenvalue weighted by atomic mass is 9.74. The first-order chi connectivity index (χ1) is 16.3. The van der Waals surface area contributed by atoms with Gasteiger partial charge in [0, 0.05) is 30.0 Å². The molecule has 2 saturated heterocycles. The van der Waals surface area contributed by atoms with Crippen LogP contribution in [0.3, 0.4) is 0 Å². The summed E-state index contributed by atoms with van der Waals surface area (Å²) in [6.45, 7) is 9.46. The first-order valence-corrected chi connectivity index (χ1v) is 13.6. The van der Waals surface area contributed by atoms with E-state index >= 15 is 0 Å². The average Bonchev–Trinajstić information content (AvgIpc) is 3.34. The molecule has 9 unspecified atom stereocenters. The van der Waals surface area contributed by atoms with Crippen LogP contribution in [-0.4, -0.2) is 53.3 Å². The summed E-state index contributed by atoms with van der Waals surface area (Å²) >= 11 is 0. The standard InChI is InChI=1S/C31H42N2O/c1-20-14-19-24-23-10-6-9-13-27(23)34-29(24)28(20)30-32(5)25-11-7-8-12-26(25)33(30)22-17-15-21(16-18-22)31(2,3)4/h6-8,10-12,14-15,17,19,21-27,29-30H,9,13,16,18H2,1-5H3. The van der Waals surface area contributed by atoms with Gasteiger partial charge in [-0.25, -0.2) is 0 Å². The zero-order valence-electron chi connectivity index (χ0n) is 21.6. The van der Waals surface area contributed by atoms with Gasteiger partial charge in [0.25, 0.3) is 0 Å². The van der Waals surface area contributed by atoms with E-state index in [-0.39, 0.29) is 12.3 Å². The number of fused-ring (bicyclic) bond motifs is 4. The predicted octanol–water partition coefficient (Wildman–Crippen LogP) is 6.04. The fourth-order valence-corrected chi connectivity index (χ4v) is 7.61. The van der Waals surface area contributed by atoms with E-state index in [1.165, 1.54) is 24.0 Å². The molecule has 3 heteroatoms. The minimum Gasteiger partial charge on any atom is -0.369 e. The van der Waals surface area contributed by atoms with Crippen LogP contribution in [0, 0.1) is 23.2 Å². The minimum atomic E-state index is 0.195. The molecule has 0 aromatic heterocycles. The highest BCUT2D eigenvalue weighted by Gasteiger charge is 2.54. The Bertz CT molecular complexity index is 991. The van der Waals surface area contributed by atoms with Crippen LogP contribution in [0.15, 0.2) is 71.9 Å². The number of hydrogen-bond acceptors (Lipinski definition) is 3. The monoisotopic (exact) mass is 458 g/mol. The third-order valence-electron chi connectivity index (χ3n) is 9.52. The summed E-state index contributed by atoms with van der Waals surface area (Å²) in [5, 5.41) is 0. The molecule has 0 aromatic rings. The number of allylic oxidation sites excluding steroid dienone is 6. The molecule has 34 heavy (non-hydrogen) atoms. The van der Waals surface area contributed by atoms with Gasteiger partial charge in [0.1, 0.15) is 0 Å². The van der Waals surface area contributed by atoms with Crippen LogP contribution in [0.5, 0.6) is 0 Å². The quantitative estimate of drug-likeness (QED) is 0.469. The molecule has 3 nitrogen and oxygen atoms in total. The van der Waals surface area contributed by atoms with Crippen molar-refractivity contribution < 1.29 is 4.74 Å². The maximum absolute atomic E-state index is 6.90. The van der Waals surface area contributed by atoms with E-state index in [4.69, 9.17) is 4.74 Å². The molecule has 2 fully saturated rings. The Morgan fingerprint density at radius 2 is 1.68 bits per heavy atom. The van der Waals surface area contributed by atoms with E-state index < -0.39 is 0 Å². The smallest absolute Gasteiger partial charge is 0.0891 e. The van der Waals surface area contributed by atoms with Crippen molar-refractivity contribution in [2.45, 2.75) is 89.9 Å². The summed E-state index contributed by atoms with van der Waals surface area (Å²) in [6.07, 6.45) is 29.7. The van der Waals surface area contributed by atoms with Gasteiger partial charge in [0.05, 0.1) is 18.4 Å². The van der Waals surface area contributed by atoms with E-state index in [1.54, 1.807) is 0 Å². The van der Waals surface area contributed by atoms with E-state index in [9.17, 15) is 0 Å². The first kappa shape index (κ1) is 22.8. The van der Waals surface area contributed by atoms with E-state index in [2.05, 4.69) is 105 Å². The molecule has 182 valence electrons. The second kappa shape index (κ2) is 8.47. The highest BCUT2D eigenvalue weighted by molar-refractivity contribution is 5.41. The Balaban J connectivity index is 1.38. The largest absolute Gasteiger partial charge is 0.369 e. The number of likely N-dealkylation sites (N-methyl/N-ethyl adjacent to an activating group) is 1. The minimum absolute atomic E-state index is 0.195. The molecule has 0 N–H and O–H groups in total. The molecule has 6 rings (SSSR count). The molecule has 2 aliphatic heterocycles. The Morgan fingerprint density at radius 3 is 2.41 bits per heavy atom. The van der Waals surface area contributed by atoms with Crippen molar-refractivity contribution >= 4 is 0 Å². The highest BCUT2D eigenvalue weighted by atomic mass is 16.5. The molecule has 4 aliphatic carbocycles. The SMILES string of the molecule is CC1=C(C2N(C)C3C=CC=CC3N2C2C=CC(C(C)(C)C)CC2)C2OC3CCC=CC3C2C=C1. The van der Waals surface area contributed by atoms with Gasteiger partial charge in [0.2, 0.25) is 0 Å². The first-order valence-electron chi connectivity index (χ1n) is 13.6. The molecular formula is C31H42N2O. The highest BCUT2D eigenvalue weighted by Crippen LogP contribution is 2.49. The van der Waals surface area contributed by atoms with Crippen LogP contribution in [0.25, 0.3) is 0 Å². The van der Waals surface area contributed by atoms with Crippen molar-refractivity contribution in [3.05, 3.63) is 71.9 Å². The van der Waals surface area contributed by atoms with Crippen molar-refractivity contribution in [2.75, 3.05) is 7.05 Å². The van der Waals surface area contributed by atoms with Gasteiger partial charge in [-0.1, -0.05) is 81.5 Å². The predicted molar refractivity (Wildman–Crippen MR) is 140 cm³/mol. The topological polar surface area (TPSA) is 15.7 Å². The summed E-state index contributed by atoms with van der Waals surface area (Å²) in [5.41, 5.74) is 3.26. The molecule has 9 atom stereocenters. The fourth-order valence-electron chi connectivity index (χ4n) is 7.61. The Hall–Kier alpha value is -1.68. The molecule has 2 heterocycles. The molecule has 0 spiro atoms. The average molecular weight is 459 g/mol. The van der Waals surface area contributed by atoms with Gasteiger partial charge in [-0.3, -0.25) is 9.80 Å². The van der Waals surface area contributed by atoms with Crippen LogP contribution in [0.2, 0.25) is 0 Å². The Labute approximate surface area is 206 Å². The van der Waals surface area contributed by atoms with Crippen molar-refractivity contribution in [2.24, 2.45) is 23.2 Å². The second-order valence-corrected chi connectivity index (χ2v) is 12.5. The van der Waals surface area contributed by atoms with Crippen LogP contribution in [0.4, 0.5) is 0 Å². The lowest BCUT2D eigenvalue weighted by Crippen LogP contribution is -2.50. The van der Waals surface area contributed by atoms with Crippen LogP contribution >= 0.6 is 0 Å². The molecule has 0 bridgehead atoms. The van der Waals surface area contributed by atoms with Gasteiger partial charge in [0.15, 0.2) is 0 Å². The molecule has 0 aromatic carbocycles. The lowest BCUT2D eigenvalue weighted by molar-refractivity contribution is 0.0264. The van der Waals surface area contributed by atoms with E-state index in [0.717, 1.165) is 12.8 Å². The second-order valence-electron chi connectivity index (χ2n) is 12.5. The summed E-state index contributed by atoms with van der Waals surface area (Å²) in [4.78, 5) is 5.46. The van der Waals surface area contributed by atoms with Crippen LogP contribution in [0.1, 0.15) is 53.4 Å². The van der Waals surface area contributed by atoms with Gasteiger partial charge < -0.3 is 4.74 Å². The number of hydrogen-bond donors (Lipinski definition) is 0.